The van der Waals surface area contributed by atoms with E-state index in [1.165, 1.54) is 16.8 Å². The molecule has 1 amide bonds. The van der Waals surface area contributed by atoms with Gasteiger partial charge in [-0.3, -0.25) is 9.78 Å². The number of aromatic nitrogens is 3. The van der Waals surface area contributed by atoms with Crippen LogP contribution in [0.5, 0.6) is 0 Å². The maximum Gasteiger partial charge on any atom is 0.262 e. The van der Waals surface area contributed by atoms with Crippen LogP contribution in [-0.2, 0) is 21.9 Å². The third-order valence-corrected chi connectivity index (χ3v) is 7.39. The van der Waals surface area contributed by atoms with E-state index < -0.39 is 16.1 Å². The van der Waals surface area contributed by atoms with Crippen molar-refractivity contribution >= 4 is 27.5 Å². The van der Waals surface area contributed by atoms with Gasteiger partial charge in [0.05, 0.1) is 23.6 Å². The van der Waals surface area contributed by atoms with E-state index in [1.807, 2.05) is 18.2 Å². The first kappa shape index (κ1) is 20.8. The molecule has 1 unspecified atom stereocenters. The number of halogens is 1. The number of rotatable bonds is 6. The molecule has 0 spiro atoms. The molecule has 3 heterocycles. The third-order valence-electron chi connectivity index (χ3n) is 5.28. The molecule has 0 saturated carbocycles. The fourth-order valence-corrected chi connectivity index (χ4v) is 5.36. The van der Waals surface area contributed by atoms with E-state index in [-0.39, 0.29) is 29.9 Å². The van der Waals surface area contributed by atoms with Crippen LogP contribution in [0.3, 0.4) is 0 Å². The second kappa shape index (κ2) is 8.33. The van der Waals surface area contributed by atoms with E-state index in [1.54, 1.807) is 30.0 Å². The Morgan fingerprint density at radius 1 is 1.30 bits per heavy atom. The molecule has 1 N–H and O–H groups in total. The Balaban J connectivity index is 1.52. The molecule has 10 heteroatoms. The minimum absolute atomic E-state index is 0.0196. The average molecular weight is 448 g/mol. The molecule has 0 bridgehead atoms. The maximum atomic E-state index is 12.9. The Morgan fingerprint density at radius 3 is 2.73 bits per heavy atom. The number of sulfonamides is 1. The van der Waals surface area contributed by atoms with E-state index in [0.717, 1.165) is 6.42 Å². The van der Waals surface area contributed by atoms with Gasteiger partial charge in [-0.05, 0) is 25.0 Å². The van der Waals surface area contributed by atoms with Crippen LogP contribution in [0, 0.1) is 5.92 Å². The van der Waals surface area contributed by atoms with Gasteiger partial charge in [-0.1, -0.05) is 29.8 Å². The quantitative estimate of drug-likeness (QED) is 0.731. The van der Waals surface area contributed by atoms with Gasteiger partial charge in [-0.2, -0.15) is 4.31 Å². The predicted molar refractivity (Wildman–Crippen MR) is 112 cm³/mol. The average Bonchev–Trinajstić information content (AvgIpc) is 3.14. The van der Waals surface area contributed by atoms with Crippen LogP contribution in [0.1, 0.15) is 24.6 Å². The summed E-state index contributed by atoms with van der Waals surface area (Å²) in [6.45, 7) is 0.534. The van der Waals surface area contributed by atoms with Gasteiger partial charge in [0.1, 0.15) is 0 Å². The van der Waals surface area contributed by atoms with Gasteiger partial charge < -0.3 is 9.88 Å². The maximum absolute atomic E-state index is 12.9. The molecule has 0 aromatic carbocycles. The molecule has 2 aromatic heterocycles. The Labute approximate surface area is 180 Å². The van der Waals surface area contributed by atoms with Crippen molar-refractivity contribution in [2.75, 3.05) is 13.1 Å². The third kappa shape index (κ3) is 4.05. The van der Waals surface area contributed by atoms with E-state index >= 15 is 0 Å². The second-order valence-corrected chi connectivity index (χ2v) is 9.77. The largest absolute Gasteiger partial charge is 0.343 e. The molecule has 2 aliphatic rings. The summed E-state index contributed by atoms with van der Waals surface area (Å²) in [6, 6.07) is 5.04. The molecule has 1 fully saturated rings. The molecule has 2 aromatic rings. The highest BCUT2D eigenvalue weighted by Crippen LogP contribution is 2.33. The zero-order valence-corrected chi connectivity index (χ0v) is 18.0. The smallest absolute Gasteiger partial charge is 0.262 e. The van der Waals surface area contributed by atoms with Crippen molar-refractivity contribution in [3.8, 4) is 0 Å². The van der Waals surface area contributed by atoms with Crippen LogP contribution >= 0.6 is 11.6 Å². The predicted octanol–water partition coefficient (Wildman–Crippen LogP) is 2.14. The summed E-state index contributed by atoms with van der Waals surface area (Å²) in [5.41, 5.74) is 1.13. The summed E-state index contributed by atoms with van der Waals surface area (Å²) in [6.07, 6.45) is 9.68. The van der Waals surface area contributed by atoms with Crippen LogP contribution in [-0.4, -0.2) is 46.3 Å². The van der Waals surface area contributed by atoms with Gasteiger partial charge in [-0.15, -0.1) is 0 Å². The van der Waals surface area contributed by atoms with Crippen LogP contribution < -0.4 is 5.32 Å². The molecular weight excluding hydrogens is 426 g/mol. The van der Waals surface area contributed by atoms with Crippen LogP contribution in [0.15, 0.2) is 64.7 Å². The summed E-state index contributed by atoms with van der Waals surface area (Å²) in [5.74, 6) is -0.396. The Kier molecular flexibility index (Phi) is 5.77. The molecule has 30 heavy (non-hydrogen) atoms. The van der Waals surface area contributed by atoms with Gasteiger partial charge in [0.2, 0.25) is 0 Å². The topological polar surface area (TPSA) is 97.2 Å². The van der Waals surface area contributed by atoms with Gasteiger partial charge in [-0.25, -0.2) is 13.4 Å². The highest BCUT2D eigenvalue weighted by Gasteiger charge is 2.43. The number of allylic oxidation sites excluding steroid dienone is 2. The molecule has 0 radical (unpaired) electrons. The molecule has 4 rings (SSSR count). The number of hydrogen-bond donors (Lipinski definition) is 1. The van der Waals surface area contributed by atoms with Crippen molar-refractivity contribution in [3.05, 3.63) is 65.4 Å². The minimum atomic E-state index is -3.66. The normalized spacial score (nSPS) is 18.9. The first-order chi connectivity index (χ1) is 14.4. The Bertz CT molecular complexity index is 1100. The number of nitrogens with one attached hydrogen (secondary N) is 1. The molecule has 8 nitrogen and oxygen atoms in total. The molecule has 158 valence electrons. The fourth-order valence-electron chi connectivity index (χ4n) is 3.58. The Morgan fingerprint density at radius 2 is 2.10 bits per heavy atom. The van der Waals surface area contributed by atoms with Crippen LogP contribution in [0.25, 0.3) is 0 Å². The van der Waals surface area contributed by atoms with Gasteiger partial charge in [0, 0.05) is 43.5 Å². The number of hydrogen-bond acceptors (Lipinski definition) is 5. The monoisotopic (exact) mass is 447 g/mol. The minimum Gasteiger partial charge on any atom is -0.343 e. The lowest BCUT2D eigenvalue weighted by molar-refractivity contribution is -0.118. The number of carbonyl (C=O) groups is 1. The summed E-state index contributed by atoms with van der Waals surface area (Å²) >= 11 is 6.24. The number of nitrogens with zero attached hydrogens (tertiary/aromatic N) is 4. The lowest BCUT2D eigenvalue weighted by Crippen LogP contribution is -2.55. The second-order valence-electron chi connectivity index (χ2n) is 7.42. The van der Waals surface area contributed by atoms with Crippen molar-refractivity contribution in [1.82, 2.24) is 24.2 Å². The van der Waals surface area contributed by atoms with Gasteiger partial charge in [0.25, 0.3) is 15.9 Å². The van der Waals surface area contributed by atoms with E-state index in [4.69, 9.17) is 11.6 Å². The van der Waals surface area contributed by atoms with Gasteiger partial charge in [0.15, 0.2) is 5.03 Å². The first-order valence-corrected chi connectivity index (χ1v) is 11.4. The highest BCUT2D eigenvalue weighted by molar-refractivity contribution is 7.89. The zero-order valence-electron chi connectivity index (χ0n) is 16.4. The molecule has 1 aliphatic heterocycles. The number of imidazole rings is 1. The van der Waals surface area contributed by atoms with Gasteiger partial charge >= 0.3 is 0 Å². The van der Waals surface area contributed by atoms with E-state index in [9.17, 15) is 13.2 Å². The van der Waals surface area contributed by atoms with Crippen LogP contribution in [0.4, 0.5) is 0 Å². The lowest BCUT2D eigenvalue weighted by Gasteiger charge is -2.42. The van der Waals surface area contributed by atoms with Crippen molar-refractivity contribution in [3.63, 3.8) is 0 Å². The number of amides is 1. The molecular formula is C20H22ClN5O3S. The van der Waals surface area contributed by atoms with Crippen molar-refractivity contribution in [2.24, 2.45) is 13.0 Å². The SMILES string of the molecule is Cn1cnc(S(=O)(=O)N2CC(C(NC(=O)C3=C(Cl)CCC=C3)c3ccccn3)C2)c1. The zero-order chi connectivity index (χ0) is 21.3. The lowest BCUT2D eigenvalue weighted by atomic mass is 9.90. The summed E-state index contributed by atoms with van der Waals surface area (Å²) in [4.78, 5) is 21.2. The number of pyridine rings is 1. The summed E-state index contributed by atoms with van der Waals surface area (Å²) in [7, 11) is -1.94. The highest BCUT2D eigenvalue weighted by atomic mass is 35.5. The number of carbonyl (C=O) groups excluding carboxylic acids is 1. The fraction of sp³-hybridized carbons (Fsp3) is 0.350. The standard InChI is InChI=1S/C20H22ClN5O3S/c1-25-12-18(23-13-25)30(28,29)26-10-14(11-26)19(17-8-4-5-9-22-17)24-20(27)15-6-2-3-7-16(15)21/h2,4-6,8-9,12-14,19H,3,7,10-11H2,1H3,(H,24,27). The molecule has 1 aliphatic carbocycles. The molecule has 1 saturated heterocycles. The summed E-state index contributed by atoms with van der Waals surface area (Å²) in [5, 5.41) is 3.56. The van der Waals surface area contributed by atoms with Crippen molar-refractivity contribution in [1.29, 1.82) is 0 Å². The summed E-state index contributed by atoms with van der Waals surface area (Å²) < 4.78 is 28.5. The number of aryl methyl sites for hydroxylation is 1. The molecule has 1 atom stereocenters. The van der Waals surface area contributed by atoms with Crippen LogP contribution in [0.2, 0.25) is 0 Å². The van der Waals surface area contributed by atoms with E-state index in [2.05, 4.69) is 15.3 Å². The van der Waals surface area contributed by atoms with Crippen molar-refractivity contribution < 1.29 is 13.2 Å². The van der Waals surface area contributed by atoms with E-state index in [0.29, 0.717) is 22.7 Å². The van der Waals surface area contributed by atoms with Crippen molar-refractivity contribution in [2.45, 2.75) is 23.9 Å². The Hall–Kier alpha value is -2.49. The first-order valence-electron chi connectivity index (χ1n) is 9.61.